The number of hydrogen-bond acceptors (Lipinski definition) is 6. The first-order valence-electron chi connectivity index (χ1n) is 6.24. The van der Waals surface area contributed by atoms with Gasteiger partial charge >= 0.3 is 5.97 Å². The van der Waals surface area contributed by atoms with Crippen molar-refractivity contribution in [1.82, 2.24) is 24.9 Å². The molecule has 0 radical (unpaired) electrons. The maximum absolute atomic E-state index is 11.8. The quantitative estimate of drug-likeness (QED) is 0.779. The zero-order chi connectivity index (χ0) is 14.5. The molecule has 2 heterocycles. The van der Waals surface area contributed by atoms with E-state index in [0.29, 0.717) is 12.4 Å². The van der Waals surface area contributed by atoms with Crippen LogP contribution in [0.4, 0.5) is 0 Å². The second-order valence-electron chi connectivity index (χ2n) is 4.04. The fourth-order valence-corrected chi connectivity index (χ4v) is 1.59. The van der Waals surface area contributed by atoms with Crippen LogP contribution in [0, 0.1) is 6.92 Å². The van der Waals surface area contributed by atoms with Gasteiger partial charge in [-0.05, 0) is 19.9 Å². The van der Waals surface area contributed by atoms with Crippen molar-refractivity contribution in [3.63, 3.8) is 0 Å². The van der Waals surface area contributed by atoms with E-state index in [9.17, 15) is 9.59 Å². The number of carbonyl (C=O) groups is 2. The Hall–Kier alpha value is -2.51. The van der Waals surface area contributed by atoms with Gasteiger partial charge in [0.1, 0.15) is 0 Å². The summed E-state index contributed by atoms with van der Waals surface area (Å²) in [7, 11) is 0. The zero-order valence-corrected chi connectivity index (χ0v) is 11.3. The first-order valence-corrected chi connectivity index (χ1v) is 6.24. The average molecular weight is 277 g/mol. The van der Waals surface area contributed by atoms with E-state index < -0.39 is 5.91 Å². The fourth-order valence-electron chi connectivity index (χ4n) is 1.59. The minimum atomic E-state index is -0.445. The van der Waals surface area contributed by atoms with E-state index in [1.807, 2.05) is 6.92 Å². The Morgan fingerprint density at radius 3 is 2.95 bits per heavy atom. The Labute approximate surface area is 115 Å². The third kappa shape index (κ3) is 3.08. The average Bonchev–Trinajstić information content (AvgIpc) is 2.84. The molecule has 0 bridgehead atoms. The molecule has 8 nitrogen and oxygen atoms in total. The van der Waals surface area contributed by atoms with Gasteiger partial charge in [0.2, 0.25) is 5.82 Å². The smallest absolute Gasteiger partial charge is 0.307 e. The normalized spacial score (nSPS) is 10.5. The molecule has 2 rings (SSSR count). The van der Waals surface area contributed by atoms with Crippen molar-refractivity contribution >= 4 is 17.7 Å². The van der Waals surface area contributed by atoms with Gasteiger partial charge < -0.3 is 10.1 Å². The summed E-state index contributed by atoms with van der Waals surface area (Å²) in [6, 6.07) is 1.77. The number of ether oxygens (including phenoxy) is 1. The van der Waals surface area contributed by atoms with Crippen molar-refractivity contribution in [1.29, 1.82) is 0 Å². The molecule has 0 aromatic carbocycles. The number of amides is 1. The van der Waals surface area contributed by atoms with E-state index in [4.69, 9.17) is 4.74 Å². The maximum atomic E-state index is 11.8. The molecule has 20 heavy (non-hydrogen) atoms. The molecule has 0 unspecified atom stereocenters. The van der Waals surface area contributed by atoms with Crippen molar-refractivity contribution < 1.29 is 14.3 Å². The number of aromatic nitrogens is 4. The number of esters is 1. The molecule has 2 aromatic rings. The highest BCUT2D eigenvalue weighted by molar-refractivity contribution is 5.91. The molecule has 2 aromatic heterocycles. The molecule has 106 valence electrons. The highest BCUT2D eigenvalue weighted by atomic mass is 16.5. The number of aryl methyl sites for hydroxylation is 1. The molecule has 0 fully saturated rings. The summed E-state index contributed by atoms with van der Waals surface area (Å²) in [6.07, 6.45) is 1.71. The third-order valence-corrected chi connectivity index (χ3v) is 2.55. The van der Waals surface area contributed by atoms with Gasteiger partial charge in [0, 0.05) is 18.4 Å². The lowest BCUT2D eigenvalue weighted by Crippen LogP contribution is -2.27. The Kier molecular flexibility index (Phi) is 4.24. The SMILES string of the molecule is CCOC(=O)CCNC(=O)c1nc2nccc(C)n2n1. The Morgan fingerprint density at radius 1 is 1.45 bits per heavy atom. The van der Waals surface area contributed by atoms with Crippen LogP contribution in [-0.4, -0.2) is 44.6 Å². The second-order valence-corrected chi connectivity index (χ2v) is 4.04. The van der Waals surface area contributed by atoms with Crippen LogP contribution in [0.1, 0.15) is 29.7 Å². The van der Waals surface area contributed by atoms with Gasteiger partial charge in [-0.1, -0.05) is 0 Å². The van der Waals surface area contributed by atoms with Crippen molar-refractivity contribution in [2.45, 2.75) is 20.3 Å². The van der Waals surface area contributed by atoms with E-state index in [-0.39, 0.29) is 24.8 Å². The number of nitrogens with zero attached hydrogens (tertiary/aromatic N) is 4. The van der Waals surface area contributed by atoms with Gasteiger partial charge in [0.15, 0.2) is 0 Å². The fraction of sp³-hybridized carbons (Fsp3) is 0.417. The summed E-state index contributed by atoms with van der Waals surface area (Å²) in [4.78, 5) is 31.0. The van der Waals surface area contributed by atoms with Crippen LogP contribution < -0.4 is 5.32 Å². The molecule has 0 aliphatic heterocycles. The molecule has 0 saturated carbocycles. The summed E-state index contributed by atoms with van der Waals surface area (Å²) >= 11 is 0. The predicted octanol–water partition coefficient (Wildman–Crippen LogP) is 0.116. The largest absolute Gasteiger partial charge is 0.466 e. The van der Waals surface area contributed by atoms with E-state index >= 15 is 0 Å². The Balaban J connectivity index is 1.98. The monoisotopic (exact) mass is 277 g/mol. The topological polar surface area (TPSA) is 98.5 Å². The van der Waals surface area contributed by atoms with Gasteiger partial charge in [0.05, 0.1) is 13.0 Å². The number of carbonyl (C=O) groups excluding carboxylic acids is 2. The Morgan fingerprint density at radius 2 is 2.25 bits per heavy atom. The first-order chi connectivity index (χ1) is 9.61. The van der Waals surface area contributed by atoms with Crippen LogP contribution in [-0.2, 0) is 9.53 Å². The first kappa shape index (κ1) is 13.9. The molecule has 0 saturated heterocycles. The summed E-state index contributed by atoms with van der Waals surface area (Å²) in [5.74, 6) is -0.413. The van der Waals surface area contributed by atoms with Crippen LogP contribution in [0.3, 0.4) is 0 Å². The molecule has 0 aliphatic rings. The second kappa shape index (κ2) is 6.09. The van der Waals surface area contributed by atoms with Gasteiger partial charge in [-0.3, -0.25) is 9.59 Å². The summed E-state index contributed by atoms with van der Waals surface area (Å²) in [5, 5.41) is 6.62. The summed E-state index contributed by atoms with van der Waals surface area (Å²) in [5.41, 5.74) is 0.827. The number of fused-ring (bicyclic) bond motifs is 1. The van der Waals surface area contributed by atoms with Gasteiger partial charge in [-0.25, -0.2) is 9.50 Å². The van der Waals surface area contributed by atoms with Gasteiger partial charge in [-0.2, -0.15) is 4.98 Å². The lowest BCUT2D eigenvalue weighted by atomic mass is 10.4. The highest BCUT2D eigenvalue weighted by Gasteiger charge is 2.14. The minimum absolute atomic E-state index is 0.0238. The summed E-state index contributed by atoms with van der Waals surface area (Å²) in [6.45, 7) is 4.07. The lowest BCUT2D eigenvalue weighted by Gasteiger charge is -2.02. The highest BCUT2D eigenvalue weighted by Crippen LogP contribution is 2.01. The van der Waals surface area contributed by atoms with Crippen molar-refractivity contribution in [2.24, 2.45) is 0 Å². The molecular formula is C12H15N5O3. The van der Waals surface area contributed by atoms with Crippen LogP contribution in [0.15, 0.2) is 12.3 Å². The van der Waals surface area contributed by atoms with E-state index in [1.165, 1.54) is 4.52 Å². The van der Waals surface area contributed by atoms with Crippen molar-refractivity contribution in [3.05, 3.63) is 23.8 Å². The van der Waals surface area contributed by atoms with Crippen LogP contribution in [0.2, 0.25) is 0 Å². The maximum Gasteiger partial charge on any atom is 0.307 e. The zero-order valence-electron chi connectivity index (χ0n) is 11.3. The molecule has 1 N–H and O–H groups in total. The number of nitrogens with one attached hydrogen (secondary N) is 1. The molecule has 1 amide bonds. The molecular weight excluding hydrogens is 262 g/mol. The van der Waals surface area contributed by atoms with Crippen LogP contribution in [0.5, 0.6) is 0 Å². The van der Waals surface area contributed by atoms with E-state index in [0.717, 1.165) is 5.69 Å². The lowest BCUT2D eigenvalue weighted by molar-refractivity contribution is -0.142. The standard InChI is InChI=1S/C12H15N5O3/c1-3-20-9(18)5-7-13-11(19)10-15-12-14-6-4-8(2)17(12)16-10/h4,6H,3,5,7H2,1-2H3,(H,13,19). The molecule has 0 aliphatic carbocycles. The Bertz CT molecular complexity index is 637. The third-order valence-electron chi connectivity index (χ3n) is 2.55. The molecule has 0 atom stereocenters. The van der Waals surface area contributed by atoms with E-state index in [1.54, 1.807) is 19.2 Å². The minimum Gasteiger partial charge on any atom is -0.466 e. The van der Waals surface area contributed by atoms with Crippen LogP contribution >= 0.6 is 0 Å². The van der Waals surface area contributed by atoms with Crippen molar-refractivity contribution in [3.8, 4) is 0 Å². The summed E-state index contributed by atoms with van der Waals surface area (Å²) < 4.78 is 6.24. The molecule has 8 heteroatoms. The predicted molar refractivity (Wildman–Crippen MR) is 69.1 cm³/mol. The van der Waals surface area contributed by atoms with Gasteiger partial charge in [-0.15, -0.1) is 5.10 Å². The number of hydrogen-bond donors (Lipinski definition) is 1. The number of rotatable bonds is 5. The molecule has 0 spiro atoms. The van der Waals surface area contributed by atoms with Crippen molar-refractivity contribution in [2.75, 3.05) is 13.2 Å². The van der Waals surface area contributed by atoms with E-state index in [2.05, 4.69) is 20.4 Å². The van der Waals surface area contributed by atoms with Gasteiger partial charge in [0.25, 0.3) is 11.7 Å². The van der Waals surface area contributed by atoms with Crippen LogP contribution in [0.25, 0.3) is 5.78 Å².